The van der Waals surface area contributed by atoms with Crippen LogP contribution in [0.5, 0.6) is 0 Å². The van der Waals surface area contributed by atoms with E-state index in [4.69, 9.17) is 0 Å². The molecule has 12 heavy (non-hydrogen) atoms. The molecular weight excluding hydrogens is 240 g/mol. The number of hydrogen-bond donors (Lipinski definition) is 1. The van der Waals surface area contributed by atoms with Crippen LogP contribution in [0.15, 0.2) is 16.5 Å². The van der Waals surface area contributed by atoms with E-state index in [-0.39, 0.29) is 5.56 Å². The van der Waals surface area contributed by atoms with Gasteiger partial charge in [0.25, 0.3) is 5.56 Å². The van der Waals surface area contributed by atoms with Crippen molar-refractivity contribution in [1.29, 1.82) is 0 Å². The van der Waals surface area contributed by atoms with Crippen molar-refractivity contribution in [2.75, 3.05) is 0 Å². The molecule has 0 bridgehead atoms. The van der Waals surface area contributed by atoms with E-state index in [0.717, 1.165) is 16.4 Å². The van der Waals surface area contributed by atoms with Gasteiger partial charge in [-0.2, -0.15) is 0 Å². The minimum atomic E-state index is -0.0581. The first kappa shape index (κ1) is 7.94. The van der Waals surface area contributed by atoms with Crippen LogP contribution in [0.4, 0.5) is 0 Å². The van der Waals surface area contributed by atoms with Gasteiger partial charge in [-0.3, -0.25) is 4.79 Å². The van der Waals surface area contributed by atoms with Gasteiger partial charge in [0.2, 0.25) is 0 Å². The van der Waals surface area contributed by atoms with E-state index in [1.54, 1.807) is 0 Å². The molecule has 0 fully saturated rings. The molecule has 62 valence electrons. The number of fused-ring (bicyclic) bond motifs is 1. The van der Waals surface area contributed by atoms with E-state index >= 15 is 0 Å². The van der Waals surface area contributed by atoms with Crippen LogP contribution < -0.4 is 5.56 Å². The van der Waals surface area contributed by atoms with Crippen molar-refractivity contribution in [2.24, 2.45) is 0 Å². The number of nitrogens with zero attached hydrogens (tertiary/aromatic N) is 1. The van der Waals surface area contributed by atoms with E-state index in [1.807, 2.05) is 5.38 Å². The molecule has 0 amide bonds. The number of H-pyrrole nitrogens is 1. The summed E-state index contributed by atoms with van der Waals surface area (Å²) in [5.41, 5.74) is 1.82. The summed E-state index contributed by atoms with van der Waals surface area (Å²) in [5.74, 6) is 0. The lowest BCUT2D eigenvalue weighted by Gasteiger charge is -1.89. The Hall–Kier alpha value is -0.680. The minimum Gasteiger partial charge on any atom is -0.312 e. The van der Waals surface area contributed by atoms with Crippen LogP contribution >= 0.6 is 27.3 Å². The molecule has 0 aliphatic heterocycles. The fourth-order valence-corrected chi connectivity index (χ4v) is 2.56. The van der Waals surface area contributed by atoms with Gasteiger partial charge < -0.3 is 4.98 Å². The smallest absolute Gasteiger partial charge is 0.268 e. The fourth-order valence-electron chi connectivity index (χ4n) is 1.01. The summed E-state index contributed by atoms with van der Waals surface area (Å²) in [6.45, 7) is 0. The molecule has 2 aromatic heterocycles. The van der Waals surface area contributed by atoms with Gasteiger partial charge >= 0.3 is 0 Å². The van der Waals surface area contributed by atoms with Crippen molar-refractivity contribution in [3.8, 4) is 0 Å². The van der Waals surface area contributed by atoms with Crippen molar-refractivity contribution in [2.45, 2.75) is 5.33 Å². The monoisotopic (exact) mass is 244 g/mol. The maximum atomic E-state index is 11.2. The molecule has 0 saturated heterocycles. The summed E-state index contributed by atoms with van der Waals surface area (Å²) in [6, 6.07) is 0. The number of aromatic nitrogens is 2. The first-order chi connectivity index (χ1) is 5.83. The fraction of sp³-hybridized carbons (Fsp3) is 0.143. The Bertz CT molecular complexity index is 462. The van der Waals surface area contributed by atoms with Gasteiger partial charge in [-0.1, -0.05) is 15.9 Å². The number of aromatic amines is 1. The van der Waals surface area contributed by atoms with Crippen LogP contribution in [0.25, 0.3) is 10.2 Å². The van der Waals surface area contributed by atoms with Gasteiger partial charge in [0.05, 0.1) is 11.8 Å². The topological polar surface area (TPSA) is 45.8 Å². The van der Waals surface area contributed by atoms with Gasteiger partial charge in [-0.15, -0.1) is 11.3 Å². The van der Waals surface area contributed by atoms with Crippen LogP contribution in [-0.2, 0) is 5.33 Å². The lowest BCUT2D eigenvalue weighted by molar-refractivity contribution is 1.17. The summed E-state index contributed by atoms with van der Waals surface area (Å²) >= 11 is 4.77. The van der Waals surface area contributed by atoms with Gasteiger partial charge in [-0.05, 0) is 10.9 Å². The molecule has 1 N–H and O–H groups in total. The minimum absolute atomic E-state index is 0.0581. The molecule has 2 rings (SSSR count). The highest BCUT2D eigenvalue weighted by atomic mass is 79.9. The van der Waals surface area contributed by atoms with Gasteiger partial charge in [0.15, 0.2) is 0 Å². The zero-order valence-corrected chi connectivity index (χ0v) is 8.41. The number of rotatable bonds is 1. The van der Waals surface area contributed by atoms with E-state index in [0.29, 0.717) is 4.70 Å². The highest BCUT2D eigenvalue weighted by molar-refractivity contribution is 9.08. The van der Waals surface area contributed by atoms with Crippen molar-refractivity contribution < 1.29 is 0 Å². The molecule has 0 spiro atoms. The molecule has 0 atom stereocenters. The van der Waals surface area contributed by atoms with Gasteiger partial charge in [0.1, 0.15) is 4.70 Å². The molecule has 0 unspecified atom stereocenters. The van der Waals surface area contributed by atoms with Crippen molar-refractivity contribution in [1.82, 2.24) is 9.97 Å². The lowest BCUT2D eigenvalue weighted by Crippen LogP contribution is -2.03. The number of alkyl halides is 1. The molecular formula is C7H5BrN2OS. The van der Waals surface area contributed by atoms with E-state index in [2.05, 4.69) is 25.9 Å². The molecule has 3 nitrogen and oxygen atoms in total. The molecule has 2 heterocycles. The maximum absolute atomic E-state index is 11.2. The van der Waals surface area contributed by atoms with Crippen LogP contribution in [0, 0.1) is 0 Å². The summed E-state index contributed by atoms with van der Waals surface area (Å²) in [4.78, 5) is 17.8. The van der Waals surface area contributed by atoms with Gasteiger partial charge in [0, 0.05) is 5.33 Å². The third kappa shape index (κ3) is 1.09. The summed E-state index contributed by atoms with van der Waals surface area (Å²) < 4.78 is 0.701. The third-order valence-electron chi connectivity index (χ3n) is 1.58. The number of hydrogen-bond acceptors (Lipinski definition) is 3. The zero-order chi connectivity index (χ0) is 8.55. The molecule has 2 aromatic rings. The third-order valence-corrected chi connectivity index (χ3v) is 3.20. The Morgan fingerprint density at radius 3 is 3.25 bits per heavy atom. The van der Waals surface area contributed by atoms with E-state index in [9.17, 15) is 4.79 Å². The van der Waals surface area contributed by atoms with Gasteiger partial charge in [-0.25, -0.2) is 4.98 Å². The molecule has 5 heteroatoms. The first-order valence-corrected chi connectivity index (χ1v) is 5.33. The number of nitrogens with one attached hydrogen (secondary N) is 1. The van der Waals surface area contributed by atoms with E-state index in [1.165, 1.54) is 17.7 Å². The Morgan fingerprint density at radius 1 is 1.67 bits per heavy atom. The lowest BCUT2D eigenvalue weighted by atomic mass is 10.3. The number of halogens is 1. The molecule has 0 aliphatic rings. The van der Waals surface area contributed by atoms with Crippen LogP contribution in [0.2, 0.25) is 0 Å². The zero-order valence-electron chi connectivity index (χ0n) is 6.00. The quantitative estimate of drug-likeness (QED) is 0.779. The second kappa shape index (κ2) is 2.99. The Kier molecular flexibility index (Phi) is 1.98. The summed E-state index contributed by atoms with van der Waals surface area (Å²) in [5, 5.41) is 2.69. The van der Waals surface area contributed by atoms with Crippen molar-refractivity contribution in [3.05, 3.63) is 27.6 Å². The first-order valence-electron chi connectivity index (χ1n) is 3.32. The Morgan fingerprint density at radius 2 is 2.50 bits per heavy atom. The summed E-state index contributed by atoms with van der Waals surface area (Å²) in [6.07, 6.45) is 1.43. The standard InChI is InChI=1S/C7H5BrN2OS/c8-1-4-2-12-6-5(4)9-3-10-7(6)11/h2-3H,1H2,(H,9,10,11). The molecule has 0 aliphatic carbocycles. The molecule has 0 saturated carbocycles. The molecule has 0 radical (unpaired) electrons. The second-order valence-corrected chi connectivity index (χ2v) is 3.74. The van der Waals surface area contributed by atoms with Crippen molar-refractivity contribution in [3.63, 3.8) is 0 Å². The highest BCUT2D eigenvalue weighted by Crippen LogP contribution is 2.21. The van der Waals surface area contributed by atoms with Crippen LogP contribution in [0.1, 0.15) is 5.56 Å². The van der Waals surface area contributed by atoms with Crippen LogP contribution in [0.3, 0.4) is 0 Å². The highest BCUT2D eigenvalue weighted by Gasteiger charge is 2.05. The SMILES string of the molecule is O=c1[nH]cnc2c(CBr)csc12. The predicted molar refractivity (Wildman–Crippen MR) is 52.9 cm³/mol. The molecule has 0 aromatic carbocycles. The average Bonchev–Trinajstić information content (AvgIpc) is 2.49. The largest absolute Gasteiger partial charge is 0.312 e. The normalized spacial score (nSPS) is 10.8. The maximum Gasteiger partial charge on any atom is 0.268 e. The number of thiophene rings is 1. The van der Waals surface area contributed by atoms with E-state index < -0.39 is 0 Å². The average molecular weight is 245 g/mol. The Labute approximate surface area is 80.6 Å². The van der Waals surface area contributed by atoms with Crippen LogP contribution in [-0.4, -0.2) is 9.97 Å². The summed E-state index contributed by atoms with van der Waals surface area (Å²) in [7, 11) is 0. The second-order valence-electron chi connectivity index (χ2n) is 2.30. The van der Waals surface area contributed by atoms with Crippen molar-refractivity contribution >= 4 is 37.5 Å². The predicted octanol–water partition coefficient (Wildman–Crippen LogP) is 1.88. The Balaban J connectivity index is 2.89.